The molecule has 0 aliphatic rings. The minimum atomic E-state index is -5.15. The van der Waals surface area contributed by atoms with Gasteiger partial charge in [-0.3, -0.25) is 0 Å². The maximum absolute atomic E-state index is 15.2. The molecule has 2 nitrogen and oxygen atoms in total. The van der Waals surface area contributed by atoms with E-state index in [-0.39, 0.29) is 27.8 Å². The lowest BCUT2D eigenvalue weighted by Gasteiger charge is -2.19. The summed E-state index contributed by atoms with van der Waals surface area (Å²) in [6.45, 7) is 2.05. The van der Waals surface area contributed by atoms with Gasteiger partial charge in [0.25, 0.3) is 0 Å². The molecule has 0 fully saturated rings. The van der Waals surface area contributed by atoms with E-state index in [0.29, 0.717) is 18.2 Å². The Kier molecular flexibility index (Phi) is 10.3. The summed E-state index contributed by atoms with van der Waals surface area (Å²) in [5.41, 5.74) is -1.62. The zero-order chi connectivity index (χ0) is 35.5. The van der Waals surface area contributed by atoms with E-state index < -0.39 is 64.2 Å². The summed E-state index contributed by atoms with van der Waals surface area (Å²) in [7, 11) is 0. The average molecular weight is 693 g/mol. The summed E-state index contributed by atoms with van der Waals surface area (Å²) < 4.78 is 150. The van der Waals surface area contributed by atoms with E-state index in [4.69, 9.17) is 4.74 Å². The zero-order valence-corrected chi connectivity index (χ0v) is 25.6. The van der Waals surface area contributed by atoms with Crippen LogP contribution in [0.3, 0.4) is 0 Å². The second kappa shape index (κ2) is 14.2. The number of alkyl halides is 5. The fourth-order valence-corrected chi connectivity index (χ4v) is 5.23. The van der Waals surface area contributed by atoms with Crippen LogP contribution in [0, 0.1) is 29.1 Å². The third-order valence-corrected chi connectivity index (χ3v) is 7.63. The number of rotatable bonds is 11. The summed E-state index contributed by atoms with van der Waals surface area (Å²) in [6, 6.07) is 15.0. The van der Waals surface area contributed by atoms with Crippen LogP contribution in [-0.2, 0) is 12.5 Å². The molecule has 0 saturated carbocycles. The van der Waals surface area contributed by atoms with Crippen molar-refractivity contribution in [3.63, 3.8) is 0 Å². The lowest BCUT2D eigenvalue weighted by Crippen LogP contribution is -2.22. The summed E-state index contributed by atoms with van der Waals surface area (Å²) >= 11 is 0. The van der Waals surface area contributed by atoms with Gasteiger partial charge < -0.3 is 9.47 Å². The van der Waals surface area contributed by atoms with E-state index in [0.717, 1.165) is 79.8 Å². The van der Waals surface area contributed by atoms with Crippen molar-refractivity contribution in [2.45, 2.75) is 45.1 Å². The molecule has 49 heavy (non-hydrogen) atoms. The SMILES string of the molecule is CCCCCc1ccc(C(F)(F)Oc2ccc(-c3cc(F)c(-c4ccc(-c5ccc(OC(F)(F)F)c(F)c5)c(F)c4)c(F)c3)c(F)c2)cc1. The van der Waals surface area contributed by atoms with Crippen LogP contribution in [0.25, 0.3) is 33.4 Å². The normalized spacial score (nSPS) is 11.9. The van der Waals surface area contributed by atoms with Crippen LogP contribution in [-0.4, -0.2) is 6.36 Å². The van der Waals surface area contributed by atoms with Crippen LogP contribution in [0.4, 0.5) is 43.9 Å². The van der Waals surface area contributed by atoms with Crippen molar-refractivity contribution in [2.24, 2.45) is 0 Å². The van der Waals surface area contributed by atoms with Gasteiger partial charge in [-0.1, -0.05) is 50.1 Å². The third kappa shape index (κ3) is 8.36. The Morgan fingerprint density at radius 2 is 1.10 bits per heavy atom. The van der Waals surface area contributed by atoms with Crippen LogP contribution in [0.5, 0.6) is 11.5 Å². The van der Waals surface area contributed by atoms with Crippen molar-refractivity contribution in [2.75, 3.05) is 0 Å². The fraction of sp³-hybridized carbons (Fsp3) is 0.189. The number of aryl methyl sites for hydroxylation is 1. The Hall–Kier alpha value is -5.00. The lowest BCUT2D eigenvalue weighted by molar-refractivity contribution is -0.275. The molecule has 5 aromatic rings. The second-order valence-electron chi connectivity index (χ2n) is 11.1. The standard InChI is InChI=1S/C37H26F10O2/c1-2-3-4-5-21-6-10-25(11-7-21)36(43,44)48-26-12-14-28(30(39)20-26)24-18-32(41)35(33(42)19-24)23-8-13-27(29(38)17-23)22-9-15-34(31(40)16-22)49-37(45,46)47/h6-20H,2-5H2,1H3. The first-order valence-electron chi connectivity index (χ1n) is 15.0. The molecule has 0 bridgehead atoms. The number of halogens is 10. The van der Waals surface area contributed by atoms with E-state index in [9.17, 15) is 26.3 Å². The topological polar surface area (TPSA) is 18.5 Å². The van der Waals surface area contributed by atoms with Gasteiger partial charge in [0.05, 0.1) is 11.1 Å². The highest BCUT2D eigenvalue weighted by Gasteiger charge is 2.35. The molecule has 5 rings (SSSR count). The highest BCUT2D eigenvalue weighted by molar-refractivity contribution is 5.75. The van der Waals surface area contributed by atoms with E-state index in [1.54, 1.807) is 12.1 Å². The van der Waals surface area contributed by atoms with Crippen molar-refractivity contribution in [1.29, 1.82) is 0 Å². The highest BCUT2D eigenvalue weighted by Crippen LogP contribution is 2.38. The van der Waals surface area contributed by atoms with Gasteiger partial charge in [0.1, 0.15) is 29.0 Å². The molecule has 0 unspecified atom stereocenters. The van der Waals surface area contributed by atoms with E-state index >= 15 is 17.6 Å². The maximum Gasteiger partial charge on any atom is 0.573 e. The number of ether oxygens (including phenoxy) is 2. The first kappa shape index (κ1) is 35.3. The Balaban J connectivity index is 1.34. The van der Waals surface area contributed by atoms with E-state index in [2.05, 4.69) is 11.7 Å². The molecule has 0 saturated heterocycles. The van der Waals surface area contributed by atoms with Gasteiger partial charge in [-0.15, -0.1) is 13.2 Å². The van der Waals surface area contributed by atoms with Gasteiger partial charge in [-0.25, -0.2) is 22.0 Å². The predicted octanol–water partition coefficient (Wildman–Crippen LogP) is 12.1. The summed E-state index contributed by atoms with van der Waals surface area (Å²) in [4.78, 5) is 0. The number of hydrogen-bond acceptors (Lipinski definition) is 2. The minimum Gasteiger partial charge on any atom is -0.429 e. The minimum absolute atomic E-state index is 0.177. The van der Waals surface area contributed by atoms with Crippen LogP contribution in [0.15, 0.2) is 91.0 Å². The second-order valence-corrected chi connectivity index (χ2v) is 11.1. The Morgan fingerprint density at radius 3 is 1.69 bits per heavy atom. The number of unbranched alkanes of at least 4 members (excludes halogenated alkanes) is 2. The number of hydrogen-bond donors (Lipinski definition) is 0. The van der Waals surface area contributed by atoms with Crippen LogP contribution >= 0.6 is 0 Å². The molecule has 12 heteroatoms. The van der Waals surface area contributed by atoms with Gasteiger partial charge in [0.15, 0.2) is 11.6 Å². The maximum atomic E-state index is 15.2. The first-order chi connectivity index (χ1) is 23.1. The molecular weight excluding hydrogens is 666 g/mol. The quantitative estimate of drug-likeness (QED) is 0.101. The third-order valence-electron chi connectivity index (χ3n) is 7.63. The van der Waals surface area contributed by atoms with Crippen molar-refractivity contribution < 1.29 is 53.4 Å². The van der Waals surface area contributed by atoms with Crippen molar-refractivity contribution >= 4 is 0 Å². The fourth-order valence-electron chi connectivity index (χ4n) is 5.23. The Labute approximate surface area is 274 Å². The summed E-state index contributed by atoms with van der Waals surface area (Å²) in [6.07, 6.45) is -5.26. The molecular formula is C37H26F10O2. The van der Waals surface area contributed by atoms with Crippen molar-refractivity contribution in [3.05, 3.63) is 131 Å². The Morgan fingerprint density at radius 1 is 0.531 bits per heavy atom. The smallest absolute Gasteiger partial charge is 0.429 e. The largest absolute Gasteiger partial charge is 0.573 e. The molecule has 0 atom stereocenters. The summed E-state index contributed by atoms with van der Waals surface area (Å²) in [5, 5.41) is 0. The van der Waals surface area contributed by atoms with E-state index in [1.165, 1.54) is 12.1 Å². The van der Waals surface area contributed by atoms with Crippen LogP contribution < -0.4 is 9.47 Å². The van der Waals surface area contributed by atoms with Crippen LogP contribution in [0.2, 0.25) is 0 Å². The molecule has 0 N–H and O–H groups in total. The molecule has 256 valence electrons. The molecule has 0 aliphatic heterocycles. The monoisotopic (exact) mass is 692 g/mol. The average Bonchev–Trinajstić information content (AvgIpc) is 3.01. The molecule has 0 aliphatic carbocycles. The van der Waals surface area contributed by atoms with E-state index in [1.807, 2.05) is 0 Å². The first-order valence-corrected chi connectivity index (χ1v) is 15.0. The van der Waals surface area contributed by atoms with Crippen molar-refractivity contribution in [1.82, 2.24) is 0 Å². The van der Waals surface area contributed by atoms with Gasteiger partial charge in [-0.05, 0) is 89.7 Å². The van der Waals surface area contributed by atoms with Gasteiger partial charge >= 0.3 is 12.5 Å². The molecule has 0 radical (unpaired) electrons. The predicted molar refractivity (Wildman–Crippen MR) is 163 cm³/mol. The van der Waals surface area contributed by atoms with Gasteiger partial charge in [0, 0.05) is 17.2 Å². The Bertz CT molecular complexity index is 1930. The van der Waals surface area contributed by atoms with Crippen LogP contribution in [0.1, 0.15) is 37.3 Å². The summed E-state index contributed by atoms with van der Waals surface area (Å²) in [5.74, 6) is -7.71. The van der Waals surface area contributed by atoms with Crippen molar-refractivity contribution in [3.8, 4) is 44.9 Å². The molecule has 0 heterocycles. The zero-order valence-electron chi connectivity index (χ0n) is 25.6. The molecule has 0 amide bonds. The molecule has 0 aromatic heterocycles. The highest BCUT2D eigenvalue weighted by atomic mass is 19.4. The molecule has 0 spiro atoms. The molecule has 5 aromatic carbocycles. The van der Waals surface area contributed by atoms with Gasteiger partial charge in [0.2, 0.25) is 0 Å². The van der Waals surface area contributed by atoms with Gasteiger partial charge in [-0.2, -0.15) is 8.78 Å². The number of benzene rings is 5. The lowest BCUT2D eigenvalue weighted by atomic mass is 9.96.